The van der Waals surface area contributed by atoms with Crippen LogP contribution in [0.1, 0.15) is 32.0 Å². The third-order valence-corrected chi connectivity index (χ3v) is 5.11. The van der Waals surface area contributed by atoms with Crippen molar-refractivity contribution >= 4 is 29.9 Å². The summed E-state index contributed by atoms with van der Waals surface area (Å²) in [5, 5.41) is 15.0. The minimum Gasteiger partial charge on any atom is -0.356 e. The molecule has 7 nitrogen and oxygen atoms in total. The zero-order chi connectivity index (χ0) is 18.9. The summed E-state index contributed by atoms with van der Waals surface area (Å²) >= 11 is 0. The largest absolute Gasteiger partial charge is 0.356 e. The van der Waals surface area contributed by atoms with E-state index >= 15 is 0 Å². The summed E-state index contributed by atoms with van der Waals surface area (Å²) in [6.45, 7) is 7.47. The number of hydrogen-bond donors (Lipinski definition) is 2. The van der Waals surface area contributed by atoms with Crippen molar-refractivity contribution in [3.63, 3.8) is 0 Å². The number of nitrogens with zero attached hydrogens (tertiary/aromatic N) is 5. The molecule has 1 aromatic heterocycles. The van der Waals surface area contributed by atoms with E-state index < -0.39 is 0 Å². The standard InChI is InChI=1S/C20H31N7.HI/c1-17-9-13-26(14-10-17)12-6-11-22-20(21-2)23-15-19-25-24-16-27(19)18-7-4-3-5-8-18;/h3-5,7-8,16-17H,6,9-15H2,1-2H3,(H2,21,22,23);1H. The number of halogens is 1. The Morgan fingerprint density at radius 1 is 1.18 bits per heavy atom. The topological polar surface area (TPSA) is 70.4 Å². The Balaban J connectivity index is 0.00000280. The molecule has 0 spiro atoms. The van der Waals surface area contributed by atoms with E-state index in [9.17, 15) is 0 Å². The lowest BCUT2D eigenvalue weighted by Gasteiger charge is -2.30. The molecule has 0 aliphatic carbocycles. The van der Waals surface area contributed by atoms with Crippen molar-refractivity contribution in [3.8, 4) is 5.69 Å². The number of aliphatic imine (C=N–C) groups is 1. The summed E-state index contributed by atoms with van der Waals surface area (Å²) in [5.74, 6) is 2.54. The molecule has 2 heterocycles. The van der Waals surface area contributed by atoms with E-state index in [1.54, 1.807) is 13.4 Å². The van der Waals surface area contributed by atoms with E-state index in [4.69, 9.17) is 0 Å². The average molecular weight is 497 g/mol. The first-order chi connectivity index (χ1) is 13.3. The van der Waals surface area contributed by atoms with Gasteiger partial charge in [-0.3, -0.25) is 9.56 Å². The number of para-hydroxylation sites is 1. The zero-order valence-electron chi connectivity index (χ0n) is 16.8. The fourth-order valence-electron chi connectivity index (χ4n) is 3.36. The third kappa shape index (κ3) is 6.73. The molecule has 1 aliphatic rings. The molecule has 0 unspecified atom stereocenters. The van der Waals surface area contributed by atoms with Gasteiger partial charge in [-0.2, -0.15) is 0 Å². The van der Waals surface area contributed by atoms with Crippen molar-refractivity contribution in [2.75, 3.05) is 33.2 Å². The van der Waals surface area contributed by atoms with Crippen LogP contribution in [0.5, 0.6) is 0 Å². The summed E-state index contributed by atoms with van der Waals surface area (Å²) < 4.78 is 1.98. The van der Waals surface area contributed by atoms with E-state index in [-0.39, 0.29) is 24.0 Å². The van der Waals surface area contributed by atoms with E-state index in [2.05, 4.69) is 37.6 Å². The van der Waals surface area contributed by atoms with Gasteiger partial charge < -0.3 is 15.5 Å². The molecule has 28 heavy (non-hydrogen) atoms. The van der Waals surface area contributed by atoms with E-state index in [1.807, 2.05) is 34.9 Å². The SMILES string of the molecule is CN=C(NCCCN1CCC(C)CC1)NCc1nncn1-c1ccccc1.I. The van der Waals surface area contributed by atoms with Gasteiger partial charge >= 0.3 is 0 Å². The van der Waals surface area contributed by atoms with Crippen molar-refractivity contribution in [1.29, 1.82) is 0 Å². The molecule has 0 radical (unpaired) electrons. The smallest absolute Gasteiger partial charge is 0.191 e. The maximum absolute atomic E-state index is 4.31. The van der Waals surface area contributed by atoms with E-state index in [0.717, 1.165) is 42.9 Å². The third-order valence-electron chi connectivity index (χ3n) is 5.11. The molecular formula is C20H32IN7. The molecule has 1 aliphatic heterocycles. The molecule has 2 N–H and O–H groups in total. The minimum absolute atomic E-state index is 0. The van der Waals surface area contributed by atoms with Crippen molar-refractivity contribution in [2.24, 2.45) is 10.9 Å². The summed E-state index contributed by atoms with van der Waals surface area (Å²) in [6.07, 6.45) is 5.52. The quantitative estimate of drug-likeness (QED) is 0.267. The van der Waals surface area contributed by atoms with Crippen LogP contribution in [0, 0.1) is 5.92 Å². The molecule has 0 amide bonds. The van der Waals surface area contributed by atoms with Crippen molar-refractivity contribution in [3.05, 3.63) is 42.5 Å². The first kappa shape index (κ1) is 22.6. The lowest BCUT2D eigenvalue weighted by Crippen LogP contribution is -2.39. The molecular weight excluding hydrogens is 465 g/mol. The number of likely N-dealkylation sites (tertiary alicyclic amines) is 1. The van der Waals surface area contributed by atoms with Gasteiger partial charge in [0, 0.05) is 19.3 Å². The van der Waals surface area contributed by atoms with Gasteiger partial charge in [0.05, 0.1) is 6.54 Å². The van der Waals surface area contributed by atoms with Crippen molar-refractivity contribution in [1.82, 2.24) is 30.3 Å². The monoisotopic (exact) mass is 497 g/mol. The Morgan fingerprint density at radius 2 is 1.93 bits per heavy atom. The zero-order valence-corrected chi connectivity index (χ0v) is 19.2. The van der Waals surface area contributed by atoms with Crippen LogP contribution in [-0.4, -0.2) is 58.9 Å². The Bertz CT molecular complexity index is 708. The van der Waals surface area contributed by atoms with E-state index in [0.29, 0.717) is 6.54 Å². The van der Waals surface area contributed by atoms with Crippen LogP contribution < -0.4 is 10.6 Å². The van der Waals surface area contributed by atoms with Crippen LogP contribution in [-0.2, 0) is 6.54 Å². The number of piperidine rings is 1. The number of rotatable bonds is 7. The Labute approximate surface area is 185 Å². The molecule has 0 atom stereocenters. The second-order valence-corrected chi connectivity index (χ2v) is 7.18. The second kappa shape index (κ2) is 12.0. The first-order valence-corrected chi connectivity index (χ1v) is 9.87. The lowest BCUT2D eigenvalue weighted by atomic mass is 9.99. The highest BCUT2D eigenvalue weighted by molar-refractivity contribution is 14.0. The summed E-state index contributed by atoms with van der Waals surface area (Å²) in [7, 11) is 1.79. The van der Waals surface area contributed by atoms with Crippen LogP contribution in [0.4, 0.5) is 0 Å². The van der Waals surface area contributed by atoms with Crippen LogP contribution in [0.25, 0.3) is 5.69 Å². The van der Waals surface area contributed by atoms with Crippen LogP contribution >= 0.6 is 24.0 Å². The molecule has 0 bridgehead atoms. The maximum Gasteiger partial charge on any atom is 0.191 e. The Hall–Kier alpha value is -1.68. The number of aromatic nitrogens is 3. The minimum atomic E-state index is 0. The van der Waals surface area contributed by atoms with Gasteiger partial charge in [0.2, 0.25) is 0 Å². The fraction of sp³-hybridized carbons (Fsp3) is 0.550. The summed E-state index contributed by atoms with van der Waals surface area (Å²) in [6, 6.07) is 10.1. The molecule has 1 saturated heterocycles. The number of guanidine groups is 1. The van der Waals surface area contributed by atoms with Crippen molar-refractivity contribution < 1.29 is 0 Å². The van der Waals surface area contributed by atoms with Crippen molar-refractivity contribution in [2.45, 2.75) is 32.7 Å². The van der Waals surface area contributed by atoms with Crippen LogP contribution in [0.3, 0.4) is 0 Å². The number of hydrogen-bond acceptors (Lipinski definition) is 4. The highest BCUT2D eigenvalue weighted by Crippen LogP contribution is 2.15. The van der Waals surface area contributed by atoms with Gasteiger partial charge in [-0.1, -0.05) is 25.1 Å². The fourth-order valence-corrected chi connectivity index (χ4v) is 3.36. The molecule has 8 heteroatoms. The van der Waals surface area contributed by atoms with Crippen LogP contribution in [0.2, 0.25) is 0 Å². The molecule has 0 saturated carbocycles. The van der Waals surface area contributed by atoms with Gasteiger partial charge in [-0.15, -0.1) is 34.2 Å². The number of benzene rings is 1. The normalized spacial score (nSPS) is 15.9. The first-order valence-electron chi connectivity index (χ1n) is 9.87. The van der Waals surface area contributed by atoms with Gasteiger partial charge in [-0.05, 0) is 56.9 Å². The molecule has 2 aromatic rings. The van der Waals surface area contributed by atoms with Gasteiger partial charge in [-0.25, -0.2) is 0 Å². The highest BCUT2D eigenvalue weighted by atomic mass is 127. The summed E-state index contributed by atoms with van der Waals surface area (Å²) in [5.41, 5.74) is 1.05. The van der Waals surface area contributed by atoms with Gasteiger partial charge in [0.15, 0.2) is 11.8 Å². The molecule has 154 valence electrons. The summed E-state index contributed by atoms with van der Waals surface area (Å²) in [4.78, 5) is 6.88. The lowest BCUT2D eigenvalue weighted by molar-refractivity contribution is 0.191. The number of nitrogens with one attached hydrogen (secondary N) is 2. The molecule has 1 aromatic carbocycles. The molecule has 3 rings (SSSR count). The Morgan fingerprint density at radius 3 is 2.64 bits per heavy atom. The van der Waals surface area contributed by atoms with Gasteiger partial charge in [0.1, 0.15) is 6.33 Å². The average Bonchev–Trinajstić information content (AvgIpc) is 3.18. The van der Waals surface area contributed by atoms with Crippen LogP contribution in [0.15, 0.2) is 41.7 Å². The second-order valence-electron chi connectivity index (χ2n) is 7.18. The highest BCUT2D eigenvalue weighted by Gasteiger charge is 2.14. The Kier molecular flexibility index (Phi) is 9.69. The van der Waals surface area contributed by atoms with E-state index in [1.165, 1.54) is 25.9 Å². The predicted octanol–water partition coefficient (Wildman–Crippen LogP) is 2.67. The van der Waals surface area contributed by atoms with Gasteiger partial charge in [0.25, 0.3) is 0 Å². The predicted molar refractivity (Wildman–Crippen MR) is 124 cm³/mol. The molecule has 1 fully saturated rings. The maximum atomic E-state index is 4.31.